The number of carboxylic acid groups (broad SMARTS) is 2. The fourth-order valence-corrected chi connectivity index (χ4v) is 12.2. The number of unbranched alkanes of at least 4 members (excludes halogenated alkanes) is 17. The molecule has 0 aromatic carbocycles. The molecule has 5 nitrogen and oxygen atoms in total. The van der Waals surface area contributed by atoms with Crippen LogP contribution < -0.4 is 0 Å². The van der Waals surface area contributed by atoms with Crippen LogP contribution in [-0.4, -0.2) is 33.4 Å². The molecule has 0 heterocycles. The molecule has 9 atom stereocenters. The lowest BCUT2D eigenvalue weighted by Gasteiger charge is -2.61. The largest absolute Gasteiger partial charge is 0.481 e. The fourth-order valence-electron chi connectivity index (χ4n) is 12.2. The minimum absolute atomic E-state index is 0.0561. The van der Waals surface area contributed by atoms with Crippen LogP contribution in [0.2, 0.25) is 0 Å². The first kappa shape index (κ1) is 46.0. The second kappa shape index (κ2) is 25.0. The van der Waals surface area contributed by atoms with Gasteiger partial charge >= 0.3 is 11.9 Å². The SMILES string of the molecule is CCCCCCCC/C=C\CCCCCCCCCCCCCC(=O)O.C[C@H](CCC(=O)O)[C@H]1CC[C@H]2[C@@H]3CC[C@@H]4C[C@H](O)CC[C@]4(C)[C@H]3CC[C@]12C. The molecule has 4 fully saturated rings. The van der Waals surface area contributed by atoms with Gasteiger partial charge in [-0.3, -0.25) is 9.59 Å². The highest BCUT2D eigenvalue weighted by Gasteiger charge is 2.60. The summed E-state index contributed by atoms with van der Waals surface area (Å²) in [6, 6.07) is 0. The van der Waals surface area contributed by atoms with Crippen LogP contribution in [0.5, 0.6) is 0 Å². The van der Waals surface area contributed by atoms with E-state index in [1.807, 2.05) is 0 Å². The van der Waals surface area contributed by atoms with Crippen molar-refractivity contribution in [3.8, 4) is 0 Å². The molecule has 4 rings (SSSR count). The van der Waals surface area contributed by atoms with Crippen LogP contribution in [0.1, 0.15) is 227 Å². The first-order chi connectivity index (χ1) is 25.5. The van der Waals surface area contributed by atoms with Gasteiger partial charge in [0.2, 0.25) is 0 Å². The molecule has 0 unspecified atom stereocenters. The van der Waals surface area contributed by atoms with Crippen molar-refractivity contribution in [3.63, 3.8) is 0 Å². The molecule has 0 bridgehead atoms. The lowest BCUT2D eigenvalue weighted by molar-refractivity contribution is -0.138. The average molecular weight is 743 g/mol. The Labute approximate surface area is 327 Å². The van der Waals surface area contributed by atoms with Gasteiger partial charge in [-0.1, -0.05) is 130 Å². The van der Waals surface area contributed by atoms with Crippen molar-refractivity contribution in [2.75, 3.05) is 0 Å². The summed E-state index contributed by atoms with van der Waals surface area (Å²) in [5.74, 6) is 3.25. The summed E-state index contributed by atoms with van der Waals surface area (Å²) in [6.45, 7) is 9.71. The quantitative estimate of drug-likeness (QED) is 0.0639. The molecule has 3 N–H and O–H groups in total. The van der Waals surface area contributed by atoms with Gasteiger partial charge in [0.05, 0.1) is 6.10 Å². The zero-order chi connectivity index (χ0) is 38.5. The minimum Gasteiger partial charge on any atom is -0.481 e. The molecule has 4 saturated carbocycles. The van der Waals surface area contributed by atoms with Crippen LogP contribution in [-0.2, 0) is 9.59 Å². The van der Waals surface area contributed by atoms with E-state index < -0.39 is 11.9 Å². The predicted molar refractivity (Wildman–Crippen MR) is 222 cm³/mol. The number of carboxylic acids is 2. The fraction of sp³-hybridized carbons (Fsp3) is 0.917. The van der Waals surface area contributed by atoms with Crippen molar-refractivity contribution in [1.82, 2.24) is 0 Å². The summed E-state index contributed by atoms with van der Waals surface area (Å²) in [4.78, 5) is 21.4. The highest BCUT2D eigenvalue weighted by molar-refractivity contribution is 5.66. The van der Waals surface area contributed by atoms with Crippen LogP contribution in [0.25, 0.3) is 0 Å². The molecule has 0 amide bonds. The van der Waals surface area contributed by atoms with Crippen LogP contribution in [0.3, 0.4) is 0 Å². The second-order valence-corrected chi connectivity index (χ2v) is 19.1. The predicted octanol–water partition coefficient (Wildman–Crippen LogP) is 14.0. The summed E-state index contributed by atoms with van der Waals surface area (Å²) < 4.78 is 0. The van der Waals surface area contributed by atoms with E-state index in [0.717, 1.165) is 55.8 Å². The van der Waals surface area contributed by atoms with E-state index in [0.29, 0.717) is 35.5 Å². The molecule has 0 spiro atoms. The first-order valence-corrected chi connectivity index (χ1v) is 23.3. The second-order valence-electron chi connectivity index (χ2n) is 19.1. The molecular formula is C48H86O5. The van der Waals surface area contributed by atoms with E-state index in [1.54, 1.807) is 0 Å². The number of hydrogen-bond acceptors (Lipinski definition) is 3. The third kappa shape index (κ3) is 15.2. The lowest BCUT2D eigenvalue weighted by atomic mass is 9.44. The molecule has 0 aromatic heterocycles. The smallest absolute Gasteiger partial charge is 0.303 e. The van der Waals surface area contributed by atoms with Gasteiger partial charge in [-0.25, -0.2) is 0 Å². The molecular weight excluding hydrogens is 657 g/mol. The number of aliphatic carboxylic acids is 2. The van der Waals surface area contributed by atoms with Crippen LogP contribution in [0.15, 0.2) is 12.2 Å². The van der Waals surface area contributed by atoms with E-state index in [4.69, 9.17) is 10.2 Å². The normalized spacial score (nSPS) is 31.3. The van der Waals surface area contributed by atoms with Crippen LogP contribution in [0.4, 0.5) is 0 Å². The highest BCUT2D eigenvalue weighted by Crippen LogP contribution is 2.68. The topological polar surface area (TPSA) is 94.8 Å². The monoisotopic (exact) mass is 743 g/mol. The van der Waals surface area contributed by atoms with Gasteiger partial charge in [0, 0.05) is 12.8 Å². The summed E-state index contributed by atoms with van der Waals surface area (Å²) in [6.07, 6.45) is 42.5. The molecule has 0 aromatic rings. The molecule has 4 aliphatic rings. The summed E-state index contributed by atoms with van der Waals surface area (Å²) in [5, 5.41) is 27.9. The van der Waals surface area contributed by atoms with E-state index in [9.17, 15) is 14.7 Å². The number of aliphatic hydroxyl groups excluding tert-OH is 1. The number of rotatable bonds is 25. The molecule has 308 valence electrons. The standard InChI is InChI=1S/C24H40O3.C24H46O2/c1-15(4-9-22(26)27)19-7-8-20-18-6-5-16-14-17(25)10-12-23(16,2)21(18)11-13-24(19,20)3;1-2-3-4-5-6-7-8-9-10-11-12-13-14-15-16-17-18-19-20-21-22-23-24(25)26/h15-21,25H,4-14H2,1-3H3,(H,26,27);9-10H,2-8,11-23H2,1H3,(H,25,26)/b;10-9-/t15-,16-,17-,18+,19-,20+,21+,23+,24-;/m1./s1. The third-order valence-corrected chi connectivity index (χ3v) is 15.4. The third-order valence-electron chi connectivity index (χ3n) is 15.4. The molecule has 0 radical (unpaired) electrons. The number of hydrogen-bond donors (Lipinski definition) is 3. The number of fused-ring (bicyclic) bond motifs is 5. The number of allylic oxidation sites excluding steroid dienone is 2. The summed E-state index contributed by atoms with van der Waals surface area (Å²) >= 11 is 0. The molecule has 0 saturated heterocycles. The Bertz CT molecular complexity index is 1040. The van der Waals surface area contributed by atoms with Crippen molar-refractivity contribution in [3.05, 3.63) is 12.2 Å². The van der Waals surface area contributed by atoms with Gasteiger partial charge in [-0.2, -0.15) is 0 Å². The zero-order valence-electron chi connectivity index (χ0n) is 35.3. The maximum atomic E-state index is 11.0. The molecule has 4 aliphatic carbocycles. The van der Waals surface area contributed by atoms with Gasteiger partial charge in [0.1, 0.15) is 0 Å². The van der Waals surface area contributed by atoms with E-state index >= 15 is 0 Å². The maximum absolute atomic E-state index is 11.0. The van der Waals surface area contributed by atoms with E-state index in [1.165, 1.54) is 154 Å². The Balaban J connectivity index is 0.000000286. The van der Waals surface area contributed by atoms with Gasteiger partial charge in [-0.05, 0) is 143 Å². The Morgan fingerprint density at radius 3 is 1.70 bits per heavy atom. The Morgan fingerprint density at radius 1 is 0.623 bits per heavy atom. The van der Waals surface area contributed by atoms with Crippen LogP contribution >= 0.6 is 0 Å². The lowest BCUT2D eigenvalue weighted by Crippen LogP contribution is -2.54. The number of carbonyl (C=O) groups is 2. The van der Waals surface area contributed by atoms with Crippen molar-refractivity contribution in [2.24, 2.45) is 46.3 Å². The van der Waals surface area contributed by atoms with Crippen LogP contribution in [0, 0.1) is 46.3 Å². The summed E-state index contributed by atoms with van der Waals surface area (Å²) in [5.41, 5.74) is 0.882. The Hall–Kier alpha value is -1.36. The first-order valence-electron chi connectivity index (χ1n) is 23.3. The average Bonchev–Trinajstić information content (AvgIpc) is 3.49. The Morgan fingerprint density at radius 2 is 1.13 bits per heavy atom. The molecule has 0 aliphatic heterocycles. The van der Waals surface area contributed by atoms with E-state index in [2.05, 4.69) is 39.8 Å². The van der Waals surface area contributed by atoms with Gasteiger partial charge in [0.15, 0.2) is 0 Å². The highest BCUT2D eigenvalue weighted by atomic mass is 16.4. The van der Waals surface area contributed by atoms with Crippen molar-refractivity contribution >= 4 is 11.9 Å². The number of aliphatic hydroxyl groups is 1. The van der Waals surface area contributed by atoms with Gasteiger partial charge < -0.3 is 15.3 Å². The molecule has 53 heavy (non-hydrogen) atoms. The van der Waals surface area contributed by atoms with E-state index in [-0.39, 0.29) is 6.10 Å². The zero-order valence-corrected chi connectivity index (χ0v) is 35.3. The molecule has 5 heteroatoms. The van der Waals surface area contributed by atoms with Crippen molar-refractivity contribution < 1.29 is 24.9 Å². The minimum atomic E-state index is -0.654. The Kier molecular flexibility index (Phi) is 21.7. The maximum Gasteiger partial charge on any atom is 0.303 e. The van der Waals surface area contributed by atoms with Gasteiger partial charge in [0.25, 0.3) is 0 Å². The van der Waals surface area contributed by atoms with Gasteiger partial charge in [-0.15, -0.1) is 0 Å². The van der Waals surface area contributed by atoms with Crippen molar-refractivity contribution in [1.29, 1.82) is 0 Å². The summed E-state index contributed by atoms with van der Waals surface area (Å²) in [7, 11) is 0. The van der Waals surface area contributed by atoms with Crippen molar-refractivity contribution in [2.45, 2.75) is 233 Å².